The number of aromatic nitrogens is 4. The van der Waals surface area contributed by atoms with Crippen LogP contribution in [0.5, 0.6) is 0 Å². The van der Waals surface area contributed by atoms with Crippen molar-refractivity contribution in [2.45, 2.75) is 12.8 Å². The molecular weight excluding hydrogens is 244 g/mol. The summed E-state index contributed by atoms with van der Waals surface area (Å²) in [5.41, 5.74) is 1.49. The van der Waals surface area contributed by atoms with E-state index in [0.717, 1.165) is 30.7 Å². The molecule has 1 amide bonds. The van der Waals surface area contributed by atoms with Crippen molar-refractivity contribution < 1.29 is 4.79 Å². The molecule has 7 nitrogen and oxygen atoms in total. The monoisotopic (exact) mass is 260 g/mol. The lowest BCUT2D eigenvalue weighted by molar-refractivity contribution is -0.124. The van der Waals surface area contributed by atoms with Crippen LogP contribution in [0.15, 0.2) is 12.7 Å². The predicted octanol–water partition coefficient (Wildman–Crippen LogP) is 0.315. The van der Waals surface area contributed by atoms with Gasteiger partial charge in [0.1, 0.15) is 11.8 Å². The molecule has 0 unspecified atom stereocenters. The molecule has 0 aliphatic carbocycles. The van der Waals surface area contributed by atoms with Gasteiger partial charge in [-0.15, -0.1) is 0 Å². The first-order valence-electron chi connectivity index (χ1n) is 6.40. The van der Waals surface area contributed by atoms with Crippen molar-refractivity contribution in [1.29, 1.82) is 0 Å². The molecule has 0 spiro atoms. The molecule has 1 aliphatic rings. The highest BCUT2D eigenvalue weighted by Crippen LogP contribution is 2.25. The quantitative estimate of drug-likeness (QED) is 0.811. The van der Waals surface area contributed by atoms with Crippen molar-refractivity contribution in [3.63, 3.8) is 0 Å². The number of hydrogen-bond donors (Lipinski definition) is 2. The third-order valence-corrected chi connectivity index (χ3v) is 3.54. The van der Waals surface area contributed by atoms with Crippen LogP contribution in [0.2, 0.25) is 0 Å². The fourth-order valence-corrected chi connectivity index (χ4v) is 2.58. The van der Waals surface area contributed by atoms with Gasteiger partial charge in [-0.25, -0.2) is 15.0 Å². The molecule has 1 fully saturated rings. The second-order valence-electron chi connectivity index (χ2n) is 4.70. The van der Waals surface area contributed by atoms with Crippen molar-refractivity contribution in [3.05, 3.63) is 12.7 Å². The van der Waals surface area contributed by atoms with Crippen molar-refractivity contribution >= 4 is 22.9 Å². The Hall–Kier alpha value is -2.18. The van der Waals surface area contributed by atoms with E-state index >= 15 is 0 Å². The Labute approximate surface area is 110 Å². The van der Waals surface area contributed by atoms with E-state index in [4.69, 9.17) is 0 Å². The van der Waals surface area contributed by atoms with Crippen LogP contribution in [-0.2, 0) is 4.79 Å². The molecule has 7 heteroatoms. The van der Waals surface area contributed by atoms with Crippen LogP contribution in [0.25, 0.3) is 11.2 Å². The molecule has 2 aromatic rings. The van der Waals surface area contributed by atoms with E-state index in [0.29, 0.717) is 12.2 Å². The Balaban J connectivity index is 1.89. The van der Waals surface area contributed by atoms with Crippen LogP contribution in [0.3, 0.4) is 0 Å². The molecule has 19 heavy (non-hydrogen) atoms. The lowest BCUT2D eigenvalue weighted by Crippen LogP contribution is -2.42. The maximum atomic E-state index is 11.8. The number of imidazole rings is 1. The Kier molecular flexibility index (Phi) is 3.02. The van der Waals surface area contributed by atoms with E-state index in [1.54, 1.807) is 13.4 Å². The number of H-pyrrole nitrogens is 1. The first-order chi connectivity index (χ1) is 9.29. The van der Waals surface area contributed by atoms with Crippen molar-refractivity contribution in [3.8, 4) is 0 Å². The lowest BCUT2D eigenvalue weighted by Gasteiger charge is -2.32. The predicted molar refractivity (Wildman–Crippen MR) is 70.7 cm³/mol. The maximum Gasteiger partial charge on any atom is 0.224 e. The molecule has 1 aliphatic heterocycles. The number of anilines is 1. The largest absolute Gasteiger partial charge is 0.359 e. The van der Waals surface area contributed by atoms with Gasteiger partial charge in [-0.2, -0.15) is 0 Å². The summed E-state index contributed by atoms with van der Waals surface area (Å²) >= 11 is 0. The Morgan fingerprint density at radius 1 is 1.47 bits per heavy atom. The summed E-state index contributed by atoms with van der Waals surface area (Å²) in [6.45, 7) is 1.59. The minimum atomic E-state index is 0.0201. The van der Waals surface area contributed by atoms with Crippen LogP contribution >= 0.6 is 0 Å². The number of aromatic amines is 1. The van der Waals surface area contributed by atoms with E-state index in [2.05, 4.69) is 30.2 Å². The van der Waals surface area contributed by atoms with Gasteiger partial charge in [0.2, 0.25) is 5.91 Å². The SMILES string of the molecule is CNC(=O)[C@H]1CCCN(c2ncnc3nc[nH]c23)C1. The molecule has 0 saturated carbocycles. The van der Waals surface area contributed by atoms with Crippen molar-refractivity contribution in [2.75, 3.05) is 25.0 Å². The highest BCUT2D eigenvalue weighted by molar-refractivity contribution is 5.84. The number of rotatable bonds is 2. The van der Waals surface area contributed by atoms with Gasteiger partial charge in [-0.1, -0.05) is 0 Å². The molecule has 0 radical (unpaired) electrons. The third kappa shape index (κ3) is 2.11. The topological polar surface area (TPSA) is 86.8 Å². The molecule has 3 rings (SSSR count). The number of nitrogens with one attached hydrogen (secondary N) is 2. The Bertz CT molecular complexity index is 595. The van der Waals surface area contributed by atoms with Crippen LogP contribution in [0, 0.1) is 5.92 Å². The minimum absolute atomic E-state index is 0.0201. The zero-order valence-electron chi connectivity index (χ0n) is 10.8. The zero-order valence-corrected chi connectivity index (χ0v) is 10.8. The van der Waals surface area contributed by atoms with Gasteiger partial charge >= 0.3 is 0 Å². The fourth-order valence-electron chi connectivity index (χ4n) is 2.58. The van der Waals surface area contributed by atoms with Gasteiger partial charge in [0, 0.05) is 20.1 Å². The molecular formula is C12H16N6O. The number of piperidine rings is 1. The van der Waals surface area contributed by atoms with E-state index in [-0.39, 0.29) is 11.8 Å². The van der Waals surface area contributed by atoms with Gasteiger partial charge in [-0.05, 0) is 12.8 Å². The van der Waals surface area contributed by atoms with Gasteiger partial charge in [0.25, 0.3) is 0 Å². The third-order valence-electron chi connectivity index (χ3n) is 3.54. The molecule has 1 atom stereocenters. The van der Waals surface area contributed by atoms with Gasteiger partial charge in [-0.3, -0.25) is 4.79 Å². The van der Waals surface area contributed by atoms with Crippen LogP contribution in [0.4, 0.5) is 5.82 Å². The van der Waals surface area contributed by atoms with Gasteiger partial charge in [0.05, 0.1) is 12.2 Å². The summed E-state index contributed by atoms with van der Waals surface area (Å²) in [5, 5.41) is 2.72. The molecule has 1 saturated heterocycles. The Morgan fingerprint density at radius 2 is 2.37 bits per heavy atom. The van der Waals surface area contributed by atoms with Crippen LogP contribution < -0.4 is 10.2 Å². The van der Waals surface area contributed by atoms with Crippen LogP contribution in [0.1, 0.15) is 12.8 Å². The molecule has 3 heterocycles. The van der Waals surface area contributed by atoms with Gasteiger partial charge in [0.15, 0.2) is 11.5 Å². The summed E-state index contributed by atoms with van der Waals surface area (Å²) in [5.74, 6) is 0.947. The number of amides is 1. The first-order valence-corrected chi connectivity index (χ1v) is 6.40. The maximum absolute atomic E-state index is 11.8. The first kappa shape index (κ1) is 11.9. The molecule has 0 bridgehead atoms. The van der Waals surface area contributed by atoms with Crippen LogP contribution in [-0.4, -0.2) is 46.0 Å². The number of hydrogen-bond acceptors (Lipinski definition) is 5. The molecule has 100 valence electrons. The van der Waals surface area contributed by atoms with Crippen molar-refractivity contribution in [2.24, 2.45) is 5.92 Å². The highest BCUT2D eigenvalue weighted by Gasteiger charge is 2.27. The summed E-state index contributed by atoms with van der Waals surface area (Å²) < 4.78 is 0. The number of nitrogens with zero attached hydrogens (tertiary/aromatic N) is 4. The molecule has 2 aromatic heterocycles. The van der Waals surface area contributed by atoms with E-state index in [1.165, 1.54) is 6.33 Å². The average Bonchev–Trinajstić information content (AvgIpc) is 2.94. The highest BCUT2D eigenvalue weighted by atomic mass is 16.1. The second kappa shape index (κ2) is 4.83. The number of fused-ring (bicyclic) bond motifs is 1. The van der Waals surface area contributed by atoms with E-state index in [1.807, 2.05) is 0 Å². The lowest BCUT2D eigenvalue weighted by atomic mass is 9.97. The molecule has 2 N–H and O–H groups in total. The summed E-state index contributed by atoms with van der Waals surface area (Å²) in [4.78, 5) is 29.5. The number of carbonyl (C=O) groups excluding carboxylic acids is 1. The van der Waals surface area contributed by atoms with E-state index < -0.39 is 0 Å². The van der Waals surface area contributed by atoms with E-state index in [9.17, 15) is 4.79 Å². The number of carbonyl (C=O) groups is 1. The normalized spacial score (nSPS) is 19.6. The standard InChI is InChI=1S/C12H16N6O/c1-13-12(19)8-3-2-4-18(5-8)11-9-10(15-6-14-9)16-7-17-11/h6-8H,2-5H2,1H3,(H,13,19)(H,14,15,16,17)/t8-/m0/s1. The molecule has 0 aromatic carbocycles. The average molecular weight is 260 g/mol. The summed E-state index contributed by atoms with van der Waals surface area (Å²) in [6, 6.07) is 0. The minimum Gasteiger partial charge on any atom is -0.359 e. The smallest absolute Gasteiger partial charge is 0.224 e. The van der Waals surface area contributed by atoms with Gasteiger partial charge < -0.3 is 15.2 Å². The van der Waals surface area contributed by atoms with Crippen molar-refractivity contribution in [1.82, 2.24) is 25.3 Å². The Morgan fingerprint density at radius 3 is 3.21 bits per heavy atom. The fraction of sp³-hybridized carbons (Fsp3) is 0.500. The summed E-state index contributed by atoms with van der Waals surface area (Å²) in [6.07, 6.45) is 5.04. The zero-order chi connectivity index (χ0) is 13.2. The summed E-state index contributed by atoms with van der Waals surface area (Å²) in [7, 11) is 1.68. The second-order valence-corrected chi connectivity index (χ2v) is 4.70.